The van der Waals surface area contributed by atoms with Gasteiger partial charge in [0.15, 0.2) is 0 Å². The van der Waals surface area contributed by atoms with Crippen LogP contribution in [0.15, 0.2) is 48.6 Å². The fourth-order valence-corrected chi connectivity index (χ4v) is 3.52. The molecule has 130 valence electrons. The maximum Gasteiger partial charge on any atom is 0.0660 e. The van der Waals surface area contributed by atoms with Gasteiger partial charge in [-0.2, -0.15) is 0 Å². The number of nitrogens with one attached hydrogen (secondary N) is 1. The van der Waals surface area contributed by atoms with Gasteiger partial charge in [-0.1, -0.05) is 50.0 Å². The first-order chi connectivity index (χ1) is 10.8. The summed E-state index contributed by atoms with van der Waals surface area (Å²) in [4.78, 5) is 0. The molecule has 2 atom stereocenters. The maximum absolute atomic E-state index is 6.04. The highest BCUT2D eigenvalue weighted by Crippen LogP contribution is 2.47. The molecule has 1 heterocycles. The minimum atomic E-state index is -0.0417. The zero-order valence-corrected chi connectivity index (χ0v) is 15.6. The number of rotatable bonds is 9. The predicted molar refractivity (Wildman–Crippen MR) is 102 cm³/mol. The van der Waals surface area contributed by atoms with Crippen molar-refractivity contribution in [1.29, 1.82) is 0 Å². The highest BCUT2D eigenvalue weighted by molar-refractivity contribution is 5.24. The minimum absolute atomic E-state index is 0.0417. The first-order valence-corrected chi connectivity index (χ1v) is 8.76. The molecule has 1 aliphatic heterocycles. The molecular weight excluding hydrogens is 282 g/mol. The number of ether oxygens (including phenoxy) is 1. The number of hydrogen-bond donors (Lipinski definition) is 1. The summed E-state index contributed by atoms with van der Waals surface area (Å²) in [6.45, 7) is 23.5. The lowest BCUT2D eigenvalue weighted by molar-refractivity contribution is -0.108. The molecule has 2 heteroatoms. The van der Waals surface area contributed by atoms with Gasteiger partial charge in [0.05, 0.1) is 5.60 Å². The Hall–Kier alpha value is -1.12. The first-order valence-electron chi connectivity index (χ1n) is 8.76. The molecule has 0 aromatic carbocycles. The topological polar surface area (TPSA) is 21.3 Å². The van der Waals surface area contributed by atoms with Crippen molar-refractivity contribution in [2.45, 2.75) is 59.0 Å². The quantitative estimate of drug-likeness (QED) is 0.466. The van der Waals surface area contributed by atoms with Gasteiger partial charge in [-0.05, 0) is 58.6 Å². The average molecular weight is 318 g/mol. The Balaban J connectivity index is 2.68. The van der Waals surface area contributed by atoms with E-state index < -0.39 is 0 Å². The van der Waals surface area contributed by atoms with Crippen molar-refractivity contribution in [2.24, 2.45) is 5.41 Å². The monoisotopic (exact) mass is 317 g/mol. The largest absolute Gasteiger partial charge is 0.375 e. The molecule has 0 radical (unpaired) electrons. The Labute approximate surface area is 143 Å². The molecule has 1 N–H and O–H groups in total. The summed E-state index contributed by atoms with van der Waals surface area (Å²) in [5.41, 5.74) is 3.66. The Bertz CT molecular complexity index is 476. The molecule has 23 heavy (non-hydrogen) atoms. The smallest absolute Gasteiger partial charge is 0.0660 e. The average Bonchev–Trinajstić information content (AvgIpc) is 2.50. The van der Waals surface area contributed by atoms with Crippen LogP contribution >= 0.6 is 0 Å². The van der Waals surface area contributed by atoms with Crippen molar-refractivity contribution in [2.75, 3.05) is 19.7 Å². The second-order valence-corrected chi connectivity index (χ2v) is 7.35. The molecule has 0 bridgehead atoms. The normalized spacial score (nSPS) is 28.4. The van der Waals surface area contributed by atoms with Crippen molar-refractivity contribution in [3.05, 3.63) is 48.6 Å². The van der Waals surface area contributed by atoms with Crippen molar-refractivity contribution >= 4 is 0 Å². The van der Waals surface area contributed by atoms with E-state index in [1.54, 1.807) is 0 Å². The van der Waals surface area contributed by atoms with Crippen LogP contribution in [-0.2, 0) is 4.74 Å². The van der Waals surface area contributed by atoms with Gasteiger partial charge in [-0.15, -0.1) is 0 Å². The van der Waals surface area contributed by atoms with Gasteiger partial charge in [0.25, 0.3) is 0 Å². The van der Waals surface area contributed by atoms with Crippen LogP contribution in [0.2, 0.25) is 0 Å². The summed E-state index contributed by atoms with van der Waals surface area (Å²) in [6.07, 6.45) is 8.26. The second-order valence-electron chi connectivity index (χ2n) is 7.35. The van der Waals surface area contributed by atoms with Gasteiger partial charge >= 0.3 is 0 Å². The number of allylic oxidation sites excluding steroid dienone is 4. The first kappa shape index (κ1) is 19.9. The second kappa shape index (κ2) is 8.65. The van der Waals surface area contributed by atoms with Crippen LogP contribution in [0.1, 0.15) is 53.4 Å². The molecule has 0 aromatic heterocycles. The molecule has 2 nitrogen and oxygen atoms in total. The fourth-order valence-electron chi connectivity index (χ4n) is 3.52. The molecule has 0 aliphatic carbocycles. The molecule has 1 saturated heterocycles. The van der Waals surface area contributed by atoms with E-state index in [0.717, 1.165) is 56.5 Å². The van der Waals surface area contributed by atoms with E-state index in [0.29, 0.717) is 0 Å². The van der Waals surface area contributed by atoms with Crippen LogP contribution in [0, 0.1) is 5.41 Å². The van der Waals surface area contributed by atoms with Gasteiger partial charge in [-0.25, -0.2) is 0 Å². The third-order valence-corrected chi connectivity index (χ3v) is 5.10. The number of hydrogen-bond acceptors (Lipinski definition) is 2. The summed E-state index contributed by atoms with van der Waals surface area (Å²) in [5.74, 6) is 0. The van der Waals surface area contributed by atoms with Crippen LogP contribution in [-0.4, -0.2) is 25.3 Å². The van der Waals surface area contributed by atoms with E-state index in [1.165, 1.54) is 5.57 Å². The van der Waals surface area contributed by atoms with Gasteiger partial charge in [0, 0.05) is 18.6 Å². The van der Waals surface area contributed by atoms with Crippen molar-refractivity contribution in [3.63, 3.8) is 0 Å². The Morgan fingerprint density at radius 2 is 2.00 bits per heavy atom. The molecule has 0 spiro atoms. The zero-order chi connectivity index (χ0) is 17.5. The van der Waals surface area contributed by atoms with E-state index >= 15 is 0 Å². The third-order valence-electron chi connectivity index (χ3n) is 5.10. The maximum atomic E-state index is 6.04. The Morgan fingerprint density at radius 1 is 1.30 bits per heavy atom. The minimum Gasteiger partial charge on any atom is -0.375 e. The van der Waals surface area contributed by atoms with Gasteiger partial charge < -0.3 is 10.1 Å². The Morgan fingerprint density at radius 3 is 2.57 bits per heavy atom. The summed E-state index contributed by atoms with van der Waals surface area (Å²) < 4.78 is 6.04. The highest BCUT2D eigenvalue weighted by Gasteiger charge is 2.42. The van der Waals surface area contributed by atoms with Crippen molar-refractivity contribution < 1.29 is 4.74 Å². The van der Waals surface area contributed by atoms with E-state index in [9.17, 15) is 0 Å². The van der Waals surface area contributed by atoms with E-state index in [2.05, 4.69) is 51.9 Å². The molecule has 0 amide bonds. The molecule has 1 aliphatic rings. The fraction of sp³-hybridized carbons (Fsp3) is 0.619. The highest BCUT2D eigenvalue weighted by atomic mass is 16.5. The van der Waals surface area contributed by atoms with Crippen molar-refractivity contribution in [1.82, 2.24) is 5.32 Å². The summed E-state index contributed by atoms with van der Waals surface area (Å²) in [5, 5.41) is 3.56. The van der Waals surface area contributed by atoms with Crippen LogP contribution in [0.3, 0.4) is 0 Å². The molecule has 1 rings (SSSR count). The Kier molecular flexibility index (Phi) is 7.50. The van der Waals surface area contributed by atoms with Crippen LogP contribution in [0.4, 0.5) is 0 Å². The van der Waals surface area contributed by atoms with Gasteiger partial charge in [0.2, 0.25) is 0 Å². The van der Waals surface area contributed by atoms with E-state index in [1.807, 2.05) is 13.0 Å². The lowest BCUT2D eigenvalue weighted by atomic mass is 9.66. The lowest BCUT2D eigenvalue weighted by Crippen LogP contribution is -2.44. The van der Waals surface area contributed by atoms with E-state index in [-0.39, 0.29) is 11.0 Å². The van der Waals surface area contributed by atoms with Crippen LogP contribution in [0.5, 0.6) is 0 Å². The summed E-state index contributed by atoms with van der Waals surface area (Å²) in [7, 11) is 0. The van der Waals surface area contributed by atoms with E-state index in [4.69, 9.17) is 4.74 Å². The molecule has 1 fully saturated rings. The molecular formula is C21H35NO. The molecule has 0 saturated carbocycles. The SMILES string of the molecule is C=CC(=C)[C@]1(CCNC/C(C)=C/C(=C)C)CCOC(C)(CC)C1. The summed E-state index contributed by atoms with van der Waals surface area (Å²) in [6, 6.07) is 0. The van der Waals surface area contributed by atoms with Gasteiger partial charge in [0.1, 0.15) is 0 Å². The zero-order valence-electron chi connectivity index (χ0n) is 15.6. The van der Waals surface area contributed by atoms with Crippen LogP contribution < -0.4 is 5.32 Å². The van der Waals surface area contributed by atoms with Crippen molar-refractivity contribution in [3.8, 4) is 0 Å². The standard InChI is InChI=1S/C21H35NO/c1-8-19(6)21(11-13-23-20(7,9-2)16-21)10-12-22-15-18(5)14-17(3)4/h8,14,22H,1,3,6,9-13,15-16H2,2,4-5,7H3/b18-14+/t20?,21-/m1/s1. The van der Waals surface area contributed by atoms with Gasteiger partial charge in [-0.3, -0.25) is 0 Å². The van der Waals surface area contributed by atoms with Crippen LogP contribution in [0.25, 0.3) is 0 Å². The predicted octanol–water partition coefficient (Wildman–Crippen LogP) is 5.20. The third kappa shape index (κ3) is 5.78. The molecule has 1 unspecified atom stereocenters. The lowest BCUT2D eigenvalue weighted by Gasteiger charge is -2.47. The molecule has 0 aromatic rings. The summed E-state index contributed by atoms with van der Waals surface area (Å²) >= 11 is 0.